The lowest BCUT2D eigenvalue weighted by Crippen LogP contribution is -2.63. The van der Waals surface area contributed by atoms with Gasteiger partial charge in [-0.25, -0.2) is 0 Å². The first-order valence-electron chi connectivity index (χ1n) is 18.5. The molecule has 2 heterocycles. The van der Waals surface area contributed by atoms with Crippen molar-refractivity contribution < 1.29 is 57.6 Å². The predicted molar refractivity (Wildman–Crippen MR) is 199 cm³/mol. The zero-order chi connectivity index (χ0) is 38.4. The van der Waals surface area contributed by atoms with E-state index in [9.17, 15) is 15.0 Å². The number of hydrogen-bond donors (Lipinski definition) is 2. The van der Waals surface area contributed by atoms with Gasteiger partial charge < -0.3 is 52.8 Å². The predicted octanol–water partition coefficient (Wildman–Crippen LogP) is 4.73. The summed E-state index contributed by atoms with van der Waals surface area (Å²) in [5, 5.41) is 23.4. The van der Waals surface area contributed by atoms with E-state index < -0.39 is 67.4 Å². The van der Waals surface area contributed by atoms with Crippen LogP contribution in [0.1, 0.15) is 29.2 Å². The number of carbonyl (C=O) groups is 1. The highest BCUT2D eigenvalue weighted by atomic mass is 16.7. The number of rotatable bonds is 18. The number of carbonyl (C=O) groups excluding carboxylic acids is 1. The molecule has 2 aliphatic heterocycles. The molecule has 4 aromatic rings. The normalized spacial score (nSPS) is 28.1. The lowest BCUT2D eigenvalue weighted by Gasteiger charge is -2.46. The summed E-state index contributed by atoms with van der Waals surface area (Å²) in [5.41, 5.74) is 3.64. The molecule has 0 aliphatic carbocycles. The van der Waals surface area contributed by atoms with E-state index >= 15 is 0 Å². The zero-order valence-corrected chi connectivity index (χ0v) is 31.0. The molecule has 0 aromatic heterocycles. The minimum absolute atomic E-state index is 0.0158. The van der Waals surface area contributed by atoms with Gasteiger partial charge in [0, 0.05) is 14.0 Å². The summed E-state index contributed by atoms with van der Waals surface area (Å²) in [4.78, 5) is 12.5. The molecule has 55 heavy (non-hydrogen) atoms. The van der Waals surface area contributed by atoms with Crippen LogP contribution in [0.4, 0.5) is 0 Å². The molecule has 6 unspecified atom stereocenters. The van der Waals surface area contributed by atoms with Crippen LogP contribution in [0.25, 0.3) is 0 Å². The van der Waals surface area contributed by atoms with Gasteiger partial charge in [0.2, 0.25) is 0 Å². The average molecular weight is 759 g/mol. The first-order valence-corrected chi connectivity index (χ1v) is 18.5. The maximum atomic E-state index is 12.5. The molecule has 0 saturated carbocycles. The standard InChI is InChI=1S/C43H50O12/c1-29(44)53-41-39(50-25-32-19-11-5-12-20-32)36(45)34(27-48-23-30-15-7-3-8-16-30)55-43(41)52-28-35-37(46)38(49-24-31-17-9-4-10-18-31)40(42(47-2)54-35)51-26-33-21-13-6-14-22-33/h3-22,34-43,45-46H,23-28H2,1-2H3/t34?,35?,36-,37-,38?,39?,40?,41?,42+,43-/m1/s1. The van der Waals surface area contributed by atoms with Crippen LogP contribution in [0.3, 0.4) is 0 Å². The minimum Gasteiger partial charge on any atom is -0.454 e. The van der Waals surface area contributed by atoms with Crippen LogP contribution < -0.4 is 0 Å². The second-order valence-electron chi connectivity index (χ2n) is 13.5. The second kappa shape index (κ2) is 20.7. The molecule has 0 spiro atoms. The SMILES string of the molecule is CO[C@H]1OC(CO[C@@H]2OC(COCc3ccccc3)[C@@H](O)C(OCc3ccccc3)C2OC(C)=O)[C@@H](O)C(OCc2ccccc2)C1OCc1ccccc1. The van der Waals surface area contributed by atoms with Gasteiger partial charge >= 0.3 is 5.97 Å². The molecule has 12 nitrogen and oxygen atoms in total. The van der Waals surface area contributed by atoms with Crippen molar-refractivity contribution in [2.24, 2.45) is 0 Å². The van der Waals surface area contributed by atoms with Crippen molar-refractivity contribution in [1.29, 1.82) is 0 Å². The Morgan fingerprint density at radius 1 is 0.527 bits per heavy atom. The second-order valence-corrected chi connectivity index (χ2v) is 13.5. The Hall–Kier alpha value is -4.05. The molecule has 10 atom stereocenters. The summed E-state index contributed by atoms with van der Waals surface area (Å²) in [7, 11) is 1.49. The Balaban J connectivity index is 1.20. The van der Waals surface area contributed by atoms with Crippen LogP contribution in [0.2, 0.25) is 0 Å². The molecule has 12 heteroatoms. The highest BCUT2D eigenvalue weighted by Gasteiger charge is 2.51. The Morgan fingerprint density at radius 2 is 0.927 bits per heavy atom. The van der Waals surface area contributed by atoms with Crippen molar-refractivity contribution in [3.8, 4) is 0 Å². The van der Waals surface area contributed by atoms with Crippen LogP contribution in [0.5, 0.6) is 0 Å². The van der Waals surface area contributed by atoms with Crippen molar-refractivity contribution in [1.82, 2.24) is 0 Å². The van der Waals surface area contributed by atoms with E-state index in [2.05, 4.69) is 0 Å². The highest BCUT2D eigenvalue weighted by molar-refractivity contribution is 5.66. The van der Waals surface area contributed by atoms with Gasteiger partial charge in [0.05, 0.1) is 39.6 Å². The Kier molecular flexibility index (Phi) is 15.3. The summed E-state index contributed by atoms with van der Waals surface area (Å²) in [6.45, 7) is 1.83. The van der Waals surface area contributed by atoms with E-state index in [1.54, 1.807) is 0 Å². The Bertz CT molecular complexity index is 1680. The molecule has 2 saturated heterocycles. The van der Waals surface area contributed by atoms with E-state index in [1.807, 2.05) is 121 Å². The average Bonchev–Trinajstić information content (AvgIpc) is 3.21. The largest absolute Gasteiger partial charge is 0.454 e. The molecular weight excluding hydrogens is 708 g/mol. The van der Waals surface area contributed by atoms with Gasteiger partial charge in [-0.1, -0.05) is 121 Å². The number of benzene rings is 4. The first kappa shape index (κ1) is 40.6. The summed E-state index contributed by atoms with van der Waals surface area (Å²) >= 11 is 0. The number of aliphatic hydroxyl groups excluding tert-OH is 2. The number of hydrogen-bond acceptors (Lipinski definition) is 12. The molecule has 0 radical (unpaired) electrons. The van der Waals surface area contributed by atoms with E-state index in [0.29, 0.717) is 0 Å². The van der Waals surface area contributed by atoms with E-state index in [4.69, 9.17) is 42.6 Å². The third-order valence-electron chi connectivity index (χ3n) is 9.45. The van der Waals surface area contributed by atoms with Gasteiger partial charge in [0.15, 0.2) is 18.7 Å². The fourth-order valence-electron chi connectivity index (χ4n) is 6.61. The lowest BCUT2D eigenvalue weighted by molar-refractivity contribution is -0.340. The molecule has 2 N–H and O–H groups in total. The summed E-state index contributed by atoms with van der Waals surface area (Å²) in [6.07, 6.45) is -10.6. The molecule has 0 bridgehead atoms. The molecule has 0 amide bonds. The fourth-order valence-corrected chi connectivity index (χ4v) is 6.61. The lowest BCUT2D eigenvalue weighted by atomic mass is 9.97. The topological polar surface area (TPSA) is 141 Å². The number of methoxy groups -OCH3 is 1. The molecule has 2 aliphatic rings. The Morgan fingerprint density at radius 3 is 1.38 bits per heavy atom. The van der Waals surface area contributed by atoms with Crippen LogP contribution in [-0.4, -0.2) is 97.9 Å². The van der Waals surface area contributed by atoms with Gasteiger partial charge in [-0.15, -0.1) is 0 Å². The Labute approximate surface area is 321 Å². The molecule has 6 rings (SSSR count). The summed E-state index contributed by atoms with van der Waals surface area (Å²) in [5.74, 6) is -0.623. The van der Waals surface area contributed by atoms with Gasteiger partial charge in [0.25, 0.3) is 0 Å². The maximum Gasteiger partial charge on any atom is 0.303 e. The highest BCUT2D eigenvalue weighted by Crippen LogP contribution is 2.32. The number of aliphatic hydroxyl groups is 2. The smallest absolute Gasteiger partial charge is 0.303 e. The van der Waals surface area contributed by atoms with E-state index in [-0.39, 0.29) is 39.6 Å². The van der Waals surface area contributed by atoms with Crippen molar-refractivity contribution in [3.63, 3.8) is 0 Å². The minimum atomic E-state index is -1.25. The molecule has 2 fully saturated rings. The van der Waals surface area contributed by atoms with Crippen molar-refractivity contribution in [2.45, 2.75) is 94.8 Å². The fraction of sp³-hybridized carbons (Fsp3) is 0.419. The van der Waals surface area contributed by atoms with Crippen LogP contribution >= 0.6 is 0 Å². The first-order chi connectivity index (χ1) is 26.9. The van der Waals surface area contributed by atoms with Crippen molar-refractivity contribution in [2.75, 3.05) is 20.3 Å². The van der Waals surface area contributed by atoms with Gasteiger partial charge in [-0.05, 0) is 22.3 Å². The molecule has 4 aromatic carbocycles. The quantitative estimate of drug-likeness (QED) is 0.136. The molecular formula is C43H50O12. The number of ether oxygens (including phenoxy) is 9. The van der Waals surface area contributed by atoms with E-state index in [0.717, 1.165) is 22.3 Å². The van der Waals surface area contributed by atoms with Crippen LogP contribution in [0, 0.1) is 0 Å². The summed E-state index contributed by atoms with van der Waals surface area (Å²) in [6, 6.07) is 38.3. The van der Waals surface area contributed by atoms with Crippen molar-refractivity contribution >= 4 is 5.97 Å². The maximum absolute atomic E-state index is 12.5. The third kappa shape index (κ3) is 11.5. The summed E-state index contributed by atoms with van der Waals surface area (Å²) < 4.78 is 55.2. The van der Waals surface area contributed by atoms with Gasteiger partial charge in [0.1, 0.15) is 42.7 Å². The monoisotopic (exact) mass is 758 g/mol. The van der Waals surface area contributed by atoms with E-state index in [1.165, 1.54) is 14.0 Å². The van der Waals surface area contributed by atoms with Crippen molar-refractivity contribution in [3.05, 3.63) is 144 Å². The number of esters is 1. The van der Waals surface area contributed by atoms with Crippen LogP contribution in [-0.2, 0) is 73.9 Å². The molecule has 294 valence electrons. The zero-order valence-electron chi connectivity index (χ0n) is 31.0. The van der Waals surface area contributed by atoms with Gasteiger partial charge in [-0.2, -0.15) is 0 Å². The van der Waals surface area contributed by atoms with Gasteiger partial charge in [-0.3, -0.25) is 4.79 Å². The van der Waals surface area contributed by atoms with Crippen LogP contribution in [0.15, 0.2) is 121 Å². The third-order valence-corrected chi connectivity index (χ3v) is 9.45.